The van der Waals surface area contributed by atoms with Crippen LogP contribution in [0.3, 0.4) is 0 Å². The lowest BCUT2D eigenvalue weighted by Crippen LogP contribution is -2.26. The number of carbonyl (C=O) groups excluding carboxylic acids is 1. The Balaban J connectivity index is 2.18. The van der Waals surface area contributed by atoms with Gasteiger partial charge in [-0.05, 0) is 45.6 Å². The molecule has 1 aromatic heterocycles. The van der Waals surface area contributed by atoms with E-state index in [4.69, 9.17) is 4.74 Å². The molecule has 0 unspecified atom stereocenters. The molecular weight excluding hydrogens is 326 g/mol. The van der Waals surface area contributed by atoms with Gasteiger partial charge in [0.1, 0.15) is 5.75 Å². The van der Waals surface area contributed by atoms with E-state index in [1.807, 2.05) is 29.6 Å². The number of hydrogen-bond acceptors (Lipinski definition) is 3. The van der Waals surface area contributed by atoms with Crippen LogP contribution in [0.2, 0.25) is 0 Å². The van der Waals surface area contributed by atoms with Crippen LogP contribution in [0.4, 0.5) is 0 Å². The van der Waals surface area contributed by atoms with Crippen LogP contribution in [0.25, 0.3) is 0 Å². The number of rotatable bonds is 4. The van der Waals surface area contributed by atoms with Crippen molar-refractivity contribution in [3.63, 3.8) is 0 Å². The summed E-state index contributed by atoms with van der Waals surface area (Å²) in [6, 6.07) is 9.40. The lowest BCUT2D eigenvalue weighted by atomic mass is 10.2. The molecule has 0 fully saturated rings. The highest BCUT2D eigenvalue weighted by atomic mass is 79.9. The SMILES string of the molecule is COc1ccc(Br)c(C(=O)N(C)Cc2cccs2)c1. The fourth-order valence-corrected chi connectivity index (χ4v) is 2.88. The largest absolute Gasteiger partial charge is 0.497 e. The molecular formula is C14H14BrNO2S. The summed E-state index contributed by atoms with van der Waals surface area (Å²) in [7, 11) is 3.39. The Morgan fingerprint density at radius 3 is 2.84 bits per heavy atom. The maximum Gasteiger partial charge on any atom is 0.255 e. The Labute approximate surface area is 124 Å². The van der Waals surface area contributed by atoms with Crippen molar-refractivity contribution < 1.29 is 9.53 Å². The normalized spacial score (nSPS) is 10.3. The van der Waals surface area contributed by atoms with Crippen molar-refractivity contribution in [2.24, 2.45) is 0 Å². The lowest BCUT2D eigenvalue weighted by molar-refractivity contribution is 0.0785. The van der Waals surface area contributed by atoms with Gasteiger partial charge in [0.25, 0.3) is 5.91 Å². The van der Waals surface area contributed by atoms with Crippen molar-refractivity contribution in [1.29, 1.82) is 0 Å². The molecule has 0 N–H and O–H groups in total. The Morgan fingerprint density at radius 2 is 2.21 bits per heavy atom. The second-order valence-electron chi connectivity index (χ2n) is 4.09. The fourth-order valence-electron chi connectivity index (χ4n) is 1.71. The molecule has 100 valence electrons. The molecule has 0 aliphatic heterocycles. The number of carbonyl (C=O) groups is 1. The second kappa shape index (κ2) is 6.21. The predicted molar refractivity (Wildman–Crippen MR) is 80.8 cm³/mol. The van der Waals surface area contributed by atoms with Gasteiger partial charge in [0, 0.05) is 16.4 Å². The molecule has 1 aromatic carbocycles. The van der Waals surface area contributed by atoms with Gasteiger partial charge in [0.05, 0.1) is 19.2 Å². The van der Waals surface area contributed by atoms with Crippen LogP contribution in [-0.4, -0.2) is 25.0 Å². The number of amides is 1. The molecule has 0 saturated carbocycles. The van der Waals surface area contributed by atoms with Crippen LogP contribution in [0, 0.1) is 0 Å². The van der Waals surface area contributed by atoms with Gasteiger partial charge in [-0.1, -0.05) is 6.07 Å². The van der Waals surface area contributed by atoms with Crippen LogP contribution >= 0.6 is 27.3 Å². The van der Waals surface area contributed by atoms with Crippen molar-refractivity contribution in [3.8, 4) is 5.75 Å². The predicted octanol–water partition coefficient (Wildman–Crippen LogP) is 3.79. The van der Waals surface area contributed by atoms with Gasteiger partial charge in [-0.3, -0.25) is 4.79 Å². The number of methoxy groups -OCH3 is 1. The molecule has 19 heavy (non-hydrogen) atoms. The quantitative estimate of drug-likeness (QED) is 0.847. The van der Waals surface area contributed by atoms with Gasteiger partial charge < -0.3 is 9.64 Å². The molecule has 1 amide bonds. The van der Waals surface area contributed by atoms with Gasteiger partial charge in [-0.25, -0.2) is 0 Å². The Morgan fingerprint density at radius 1 is 1.42 bits per heavy atom. The van der Waals surface area contributed by atoms with Gasteiger partial charge in [-0.2, -0.15) is 0 Å². The van der Waals surface area contributed by atoms with Gasteiger partial charge in [0.2, 0.25) is 0 Å². The molecule has 0 radical (unpaired) electrons. The molecule has 2 aromatic rings. The van der Waals surface area contributed by atoms with Crippen LogP contribution in [-0.2, 0) is 6.54 Å². The van der Waals surface area contributed by atoms with Crippen LogP contribution in [0.15, 0.2) is 40.2 Å². The number of ether oxygens (including phenoxy) is 1. The molecule has 0 saturated heterocycles. The zero-order valence-corrected chi connectivity index (χ0v) is 13.1. The van der Waals surface area contributed by atoms with E-state index in [-0.39, 0.29) is 5.91 Å². The molecule has 0 aliphatic rings. The molecule has 3 nitrogen and oxygen atoms in total. The minimum absolute atomic E-state index is 0.0285. The van der Waals surface area contributed by atoms with Gasteiger partial charge in [-0.15, -0.1) is 11.3 Å². The van der Waals surface area contributed by atoms with Crippen LogP contribution in [0.5, 0.6) is 5.75 Å². The summed E-state index contributed by atoms with van der Waals surface area (Å²) < 4.78 is 5.93. The molecule has 0 aliphatic carbocycles. The topological polar surface area (TPSA) is 29.5 Å². The van der Waals surface area contributed by atoms with E-state index in [0.717, 1.165) is 9.35 Å². The minimum Gasteiger partial charge on any atom is -0.497 e. The van der Waals surface area contributed by atoms with Crippen LogP contribution in [0.1, 0.15) is 15.2 Å². The van der Waals surface area contributed by atoms with Crippen molar-refractivity contribution in [2.75, 3.05) is 14.2 Å². The summed E-state index contributed by atoms with van der Waals surface area (Å²) in [6.07, 6.45) is 0. The standard InChI is InChI=1S/C14H14BrNO2S/c1-16(9-11-4-3-7-19-11)14(17)12-8-10(18-2)5-6-13(12)15/h3-8H,9H2,1-2H3. The summed E-state index contributed by atoms with van der Waals surface area (Å²) >= 11 is 5.05. The second-order valence-corrected chi connectivity index (χ2v) is 5.97. The van der Waals surface area contributed by atoms with E-state index >= 15 is 0 Å². The lowest BCUT2D eigenvalue weighted by Gasteiger charge is -2.17. The first-order valence-corrected chi connectivity index (χ1v) is 7.40. The van der Waals surface area contributed by atoms with Crippen LogP contribution < -0.4 is 4.74 Å². The van der Waals surface area contributed by atoms with Gasteiger partial charge >= 0.3 is 0 Å². The summed E-state index contributed by atoms with van der Waals surface area (Å²) in [5.74, 6) is 0.648. The highest BCUT2D eigenvalue weighted by Crippen LogP contribution is 2.24. The average Bonchev–Trinajstić information content (AvgIpc) is 2.91. The number of hydrogen-bond donors (Lipinski definition) is 0. The molecule has 2 rings (SSSR count). The monoisotopic (exact) mass is 339 g/mol. The Bertz CT molecular complexity index is 569. The van der Waals surface area contributed by atoms with E-state index in [0.29, 0.717) is 17.9 Å². The van der Waals surface area contributed by atoms with E-state index in [1.54, 1.807) is 36.5 Å². The highest BCUT2D eigenvalue weighted by molar-refractivity contribution is 9.10. The van der Waals surface area contributed by atoms with E-state index in [9.17, 15) is 4.79 Å². The molecule has 0 bridgehead atoms. The van der Waals surface area contributed by atoms with Crippen molar-refractivity contribution in [3.05, 3.63) is 50.6 Å². The first-order valence-electron chi connectivity index (χ1n) is 5.73. The smallest absolute Gasteiger partial charge is 0.255 e. The molecule has 1 heterocycles. The number of benzene rings is 1. The number of halogens is 1. The Hall–Kier alpha value is -1.33. The van der Waals surface area contributed by atoms with Crippen molar-refractivity contribution in [2.45, 2.75) is 6.54 Å². The summed E-state index contributed by atoms with van der Waals surface area (Å²) in [5.41, 5.74) is 0.610. The number of nitrogens with zero attached hydrogens (tertiary/aromatic N) is 1. The number of thiophene rings is 1. The van der Waals surface area contributed by atoms with Gasteiger partial charge in [0.15, 0.2) is 0 Å². The first kappa shape index (κ1) is 14.1. The third-order valence-electron chi connectivity index (χ3n) is 2.72. The third kappa shape index (κ3) is 3.36. The van der Waals surface area contributed by atoms with Crippen molar-refractivity contribution in [1.82, 2.24) is 4.90 Å². The van der Waals surface area contributed by atoms with E-state index in [1.165, 1.54) is 0 Å². The summed E-state index contributed by atoms with van der Waals surface area (Å²) in [5, 5.41) is 2.01. The highest BCUT2D eigenvalue weighted by Gasteiger charge is 2.16. The minimum atomic E-state index is -0.0285. The molecule has 5 heteroatoms. The maximum absolute atomic E-state index is 12.4. The third-order valence-corrected chi connectivity index (χ3v) is 4.28. The average molecular weight is 340 g/mol. The molecule has 0 spiro atoms. The van der Waals surface area contributed by atoms with E-state index < -0.39 is 0 Å². The fraction of sp³-hybridized carbons (Fsp3) is 0.214. The van der Waals surface area contributed by atoms with Crippen molar-refractivity contribution >= 4 is 33.2 Å². The summed E-state index contributed by atoms with van der Waals surface area (Å²) in [6.45, 7) is 0.611. The first-order chi connectivity index (χ1) is 9.11. The maximum atomic E-state index is 12.4. The molecule has 0 atom stereocenters. The zero-order chi connectivity index (χ0) is 13.8. The Kier molecular flexibility index (Phi) is 4.61. The zero-order valence-electron chi connectivity index (χ0n) is 10.7. The summed E-state index contributed by atoms with van der Waals surface area (Å²) in [4.78, 5) is 15.3. The van der Waals surface area contributed by atoms with E-state index in [2.05, 4.69) is 15.9 Å².